The van der Waals surface area contributed by atoms with Gasteiger partial charge in [-0.05, 0) is 6.26 Å². The number of rotatable bonds is 2. The van der Waals surface area contributed by atoms with E-state index in [9.17, 15) is 4.79 Å². The Kier molecular flexibility index (Phi) is 2.21. The molecule has 0 aromatic heterocycles. The van der Waals surface area contributed by atoms with E-state index >= 15 is 0 Å². The van der Waals surface area contributed by atoms with Gasteiger partial charge >= 0.3 is 5.97 Å². The molecule has 10 heavy (non-hydrogen) atoms. The summed E-state index contributed by atoms with van der Waals surface area (Å²) >= 11 is 1.49. The lowest BCUT2D eigenvalue weighted by Crippen LogP contribution is -2.53. The van der Waals surface area contributed by atoms with Gasteiger partial charge in [0.1, 0.15) is 0 Å². The van der Waals surface area contributed by atoms with Crippen molar-refractivity contribution in [3.8, 4) is 0 Å². The average molecular weight is 162 g/mol. The predicted octanol–water partition coefficient (Wildman–Crippen LogP) is 0.291. The van der Waals surface area contributed by atoms with Crippen LogP contribution in [0.15, 0.2) is 0 Å². The highest BCUT2D eigenvalue weighted by molar-refractivity contribution is 8.00. The van der Waals surface area contributed by atoms with E-state index in [1.807, 2.05) is 6.26 Å². The van der Waals surface area contributed by atoms with Crippen LogP contribution in [0.25, 0.3) is 0 Å². The molecule has 58 valence electrons. The maximum Gasteiger partial charge on any atom is 0.326 e. The van der Waals surface area contributed by atoms with Crippen molar-refractivity contribution in [2.45, 2.75) is 4.75 Å². The molecule has 0 aliphatic carbocycles. The molecule has 0 spiro atoms. The Bertz CT molecular complexity index is 136. The zero-order chi connectivity index (χ0) is 7.61. The largest absolute Gasteiger partial charge is 0.468 e. The Hall–Kier alpha value is -0.220. The van der Waals surface area contributed by atoms with Gasteiger partial charge in [-0.25, -0.2) is 0 Å². The van der Waals surface area contributed by atoms with E-state index in [2.05, 4.69) is 4.74 Å². The summed E-state index contributed by atoms with van der Waals surface area (Å²) in [5.41, 5.74) is 0. The van der Waals surface area contributed by atoms with E-state index in [0.717, 1.165) is 0 Å². The molecular weight excluding hydrogens is 152 g/mol. The Balaban J connectivity index is 2.55. The molecule has 1 fully saturated rings. The maximum absolute atomic E-state index is 11.0. The third kappa shape index (κ3) is 1.01. The van der Waals surface area contributed by atoms with Gasteiger partial charge in [0.2, 0.25) is 0 Å². The first kappa shape index (κ1) is 7.88. The fraction of sp³-hybridized carbons (Fsp3) is 0.833. The lowest BCUT2D eigenvalue weighted by atomic mass is 10.1. The maximum atomic E-state index is 11.0. The average Bonchev–Trinajstić information content (AvgIpc) is 1.86. The SMILES string of the molecule is COC(=O)C1(SC)COC1. The van der Waals surface area contributed by atoms with Gasteiger partial charge in [-0.2, -0.15) is 0 Å². The van der Waals surface area contributed by atoms with Crippen LogP contribution in [0.2, 0.25) is 0 Å². The van der Waals surface area contributed by atoms with Crippen molar-refractivity contribution < 1.29 is 14.3 Å². The minimum Gasteiger partial charge on any atom is -0.468 e. The zero-order valence-electron chi connectivity index (χ0n) is 6.05. The third-order valence-corrected chi connectivity index (χ3v) is 2.80. The number of methoxy groups -OCH3 is 1. The normalized spacial score (nSPS) is 21.4. The highest BCUT2D eigenvalue weighted by Gasteiger charge is 2.46. The highest BCUT2D eigenvalue weighted by Crippen LogP contribution is 2.32. The first-order valence-corrected chi connectivity index (χ1v) is 4.19. The second-order valence-electron chi connectivity index (χ2n) is 2.18. The van der Waals surface area contributed by atoms with Crippen LogP contribution in [0.1, 0.15) is 0 Å². The van der Waals surface area contributed by atoms with Crippen LogP contribution in [0.3, 0.4) is 0 Å². The molecule has 1 heterocycles. The number of hydrogen-bond acceptors (Lipinski definition) is 4. The Morgan fingerprint density at radius 2 is 2.30 bits per heavy atom. The zero-order valence-corrected chi connectivity index (χ0v) is 6.86. The number of carbonyl (C=O) groups excluding carboxylic acids is 1. The molecule has 0 aromatic carbocycles. The molecule has 0 bridgehead atoms. The minimum atomic E-state index is -0.394. The molecule has 0 saturated carbocycles. The number of thioether (sulfide) groups is 1. The molecule has 0 unspecified atom stereocenters. The molecular formula is C6H10O3S. The summed E-state index contributed by atoms with van der Waals surface area (Å²) < 4.78 is 9.14. The monoisotopic (exact) mass is 162 g/mol. The van der Waals surface area contributed by atoms with Crippen molar-refractivity contribution in [2.75, 3.05) is 26.6 Å². The summed E-state index contributed by atoms with van der Waals surface area (Å²) in [7, 11) is 1.40. The van der Waals surface area contributed by atoms with Gasteiger partial charge in [0.05, 0.1) is 20.3 Å². The Morgan fingerprint density at radius 3 is 2.40 bits per heavy atom. The topological polar surface area (TPSA) is 35.5 Å². The van der Waals surface area contributed by atoms with E-state index in [1.165, 1.54) is 18.9 Å². The number of carbonyl (C=O) groups is 1. The molecule has 1 aliphatic rings. The number of hydrogen-bond donors (Lipinski definition) is 0. The molecule has 0 radical (unpaired) electrons. The van der Waals surface area contributed by atoms with Gasteiger partial charge < -0.3 is 9.47 Å². The van der Waals surface area contributed by atoms with Crippen LogP contribution in [0, 0.1) is 0 Å². The van der Waals surface area contributed by atoms with Gasteiger partial charge in [0.25, 0.3) is 0 Å². The van der Waals surface area contributed by atoms with E-state index in [4.69, 9.17) is 4.74 Å². The Morgan fingerprint density at radius 1 is 1.70 bits per heavy atom. The van der Waals surface area contributed by atoms with Gasteiger partial charge in [-0.15, -0.1) is 11.8 Å². The second kappa shape index (κ2) is 2.80. The third-order valence-electron chi connectivity index (χ3n) is 1.62. The van der Waals surface area contributed by atoms with Crippen LogP contribution in [0.5, 0.6) is 0 Å². The van der Waals surface area contributed by atoms with Crippen LogP contribution in [-0.4, -0.2) is 37.3 Å². The second-order valence-corrected chi connectivity index (χ2v) is 3.37. The number of esters is 1. The molecule has 4 heteroatoms. The summed E-state index contributed by atoms with van der Waals surface area (Å²) in [6, 6.07) is 0. The van der Waals surface area contributed by atoms with Crippen molar-refractivity contribution >= 4 is 17.7 Å². The number of ether oxygens (including phenoxy) is 2. The lowest BCUT2D eigenvalue weighted by molar-refractivity contribution is -0.155. The van der Waals surface area contributed by atoms with Gasteiger partial charge in [-0.1, -0.05) is 0 Å². The van der Waals surface area contributed by atoms with Crippen molar-refractivity contribution in [1.29, 1.82) is 0 Å². The summed E-state index contributed by atoms with van der Waals surface area (Å²) in [6.45, 7) is 0.974. The lowest BCUT2D eigenvalue weighted by Gasteiger charge is -2.36. The van der Waals surface area contributed by atoms with E-state index in [-0.39, 0.29) is 5.97 Å². The molecule has 0 N–H and O–H groups in total. The van der Waals surface area contributed by atoms with Crippen LogP contribution in [-0.2, 0) is 14.3 Å². The van der Waals surface area contributed by atoms with E-state index < -0.39 is 4.75 Å². The van der Waals surface area contributed by atoms with Crippen molar-refractivity contribution in [3.63, 3.8) is 0 Å². The molecule has 1 rings (SSSR count). The van der Waals surface area contributed by atoms with Gasteiger partial charge in [-0.3, -0.25) is 4.79 Å². The summed E-state index contributed by atoms with van der Waals surface area (Å²) in [6.07, 6.45) is 1.89. The van der Waals surface area contributed by atoms with E-state index in [0.29, 0.717) is 13.2 Å². The molecule has 0 aromatic rings. The standard InChI is InChI=1S/C6H10O3S/c1-8-5(7)6(10-2)3-9-4-6/h3-4H2,1-2H3. The first-order valence-electron chi connectivity index (χ1n) is 2.96. The summed E-state index contributed by atoms with van der Waals surface area (Å²) in [5.74, 6) is -0.175. The van der Waals surface area contributed by atoms with Crippen LogP contribution >= 0.6 is 11.8 Å². The van der Waals surface area contributed by atoms with Crippen molar-refractivity contribution in [1.82, 2.24) is 0 Å². The van der Waals surface area contributed by atoms with Crippen molar-refractivity contribution in [2.24, 2.45) is 0 Å². The first-order chi connectivity index (χ1) is 4.75. The van der Waals surface area contributed by atoms with Gasteiger partial charge in [0.15, 0.2) is 4.75 Å². The smallest absolute Gasteiger partial charge is 0.326 e. The molecule has 0 atom stereocenters. The predicted molar refractivity (Wildman–Crippen MR) is 39.1 cm³/mol. The summed E-state index contributed by atoms with van der Waals surface area (Å²) in [4.78, 5) is 11.0. The van der Waals surface area contributed by atoms with Crippen LogP contribution < -0.4 is 0 Å². The Labute approximate surface area is 64.1 Å². The van der Waals surface area contributed by atoms with Gasteiger partial charge in [0, 0.05) is 0 Å². The van der Waals surface area contributed by atoms with Crippen molar-refractivity contribution in [3.05, 3.63) is 0 Å². The quantitative estimate of drug-likeness (QED) is 0.547. The molecule has 1 saturated heterocycles. The minimum absolute atomic E-state index is 0.175. The summed E-state index contributed by atoms with van der Waals surface area (Å²) in [5, 5.41) is 0. The fourth-order valence-corrected chi connectivity index (χ4v) is 1.44. The van der Waals surface area contributed by atoms with E-state index in [1.54, 1.807) is 0 Å². The fourth-order valence-electron chi connectivity index (χ4n) is 0.792. The molecule has 0 amide bonds. The molecule has 3 nitrogen and oxygen atoms in total. The molecule has 1 aliphatic heterocycles. The van der Waals surface area contributed by atoms with Crippen LogP contribution in [0.4, 0.5) is 0 Å². The highest BCUT2D eigenvalue weighted by atomic mass is 32.2.